The standard InChI is InChI=1S/C14H19FO3/c1-10(16)12-9-11(15)5-6-13(12)18-8-7-14(2,3)17-4/h5-6,9H,7-8H2,1-4H3. The van der Waals surface area contributed by atoms with Crippen LogP contribution >= 0.6 is 0 Å². The number of ketones is 1. The molecule has 0 radical (unpaired) electrons. The second-order valence-electron chi connectivity index (χ2n) is 4.76. The highest BCUT2D eigenvalue weighted by Gasteiger charge is 2.17. The van der Waals surface area contributed by atoms with Gasteiger partial charge in [-0.05, 0) is 39.0 Å². The highest BCUT2D eigenvalue weighted by atomic mass is 19.1. The van der Waals surface area contributed by atoms with E-state index >= 15 is 0 Å². The molecule has 0 unspecified atom stereocenters. The van der Waals surface area contributed by atoms with Crippen molar-refractivity contribution >= 4 is 5.78 Å². The Balaban J connectivity index is 2.70. The minimum Gasteiger partial charge on any atom is -0.493 e. The number of hydrogen-bond donors (Lipinski definition) is 0. The first-order chi connectivity index (χ1) is 8.35. The normalized spacial score (nSPS) is 11.4. The van der Waals surface area contributed by atoms with Crippen LogP contribution in [0.2, 0.25) is 0 Å². The van der Waals surface area contributed by atoms with Gasteiger partial charge in [0.25, 0.3) is 0 Å². The lowest BCUT2D eigenvalue weighted by Gasteiger charge is -2.22. The average molecular weight is 254 g/mol. The molecule has 3 nitrogen and oxygen atoms in total. The van der Waals surface area contributed by atoms with Gasteiger partial charge in [-0.15, -0.1) is 0 Å². The van der Waals surface area contributed by atoms with Crippen molar-refractivity contribution in [1.29, 1.82) is 0 Å². The van der Waals surface area contributed by atoms with Gasteiger partial charge in [-0.25, -0.2) is 4.39 Å². The molecule has 0 heterocycles. The van der Waals surface area contributed by atoms with Crippen LogP contribution in [-0.4, -0.2) is 25.1 Å². The topological polar surface area (TPSA) is 35.5 Å². The highest BCUT2D eigenvalue weighted by molar-refractivity contribution is 5.96. The Morgan fingerprint density at radius 2 is 2.06 bits per heavy atom. The molecule has 0 fully saturated rings. The average Bonchev–Trinajstić information content (AvgIpc) is 2.30. The number of methoxy groups -OCH3 is 1. The first kappa shape index (κ1) is 14.6. The molecule has 0 saturated heterocycles. The molecule has 0 aromatic heterocycles. The number of hydrogen-bond acceptors (Lipinski definition) is 3. The van der Waals surface area contributed by atoms with Gasteiger partial charge in [0.05, 0.1) is 17.8 Å². The summed E-state index contributed by atoms with van der Waals surface area (Å²) < 4.78 is 23.8. The van der Waals surface area contributed by atoms with E-state index in [1.165, 1.54) is 25.1 Å². The van der Waals surface area contributed by atoms with Crippen LogP contribution in [0.1, 0.15) is 37.6 Å². The molecule has 1 aromatic carbocycles. The number of halogens is 1. The fraction of sp³-hybridized carbons (Fsp3) is 0.500. The molecule has 0 spiro atoms. The lowest BCUT2D eigenvalue weighted by atomic mass is 10.1. The van der Waals surface area contributed by atoms with Gasteiger partial charge in [-0.2, -0.15) is 0 Å². The Hall–Kier alpha value is -1.42. The third-order valence-electron chi connectivity index (χ3n) is 2.84. The van der Waals surface area contributed by atoms with Gasteiger partial charge in [0.15, 0.2) is 5.78 Å². The predicted molar refractivity (Wildman–Crippen MR) is 67.6 cm³/mol. The van der Waals surface area contributed by atoms with E-state index in [0.29, 0.717) is 18.8 Å². The summed E-state index contributed by atoms with van der Waals surface area (Å²) in [5.41, 5.74) is -0.0126. The summed E-state index contributed by atoms with van der Waals surface area (Å²) in [6, 6.07) is 3.95. The second kappa shape index (κ2) is 5.96. The van der Waals surface area contributed by atoms with Crippen molar-refractivity contribution in [2.24, 2.45) is 0 Å². The summed E-state index contributed by atoms with van der Waals surface area (Å²) in [5.74, 6) is -0.240. The maximum Gasteiger partial charge on any atom is 0.163 e. The Bertz CT molecular complexity index is 427. The zero-order valence-electron chi connectivity index (χ0n) is 11.2. The first-order valence-electron chi connectivity index (χ1n) is 5.84. The summed E-state index contributed by atoms with van der Waals surface area (Å²) in [4.78, 5) is 11.4. The summed E-state index contributed by atoms with van der Waals surface area (Å²) in [6.45, 7) is 5.70. The van der Waals surface area contributed by atoms with Crippen LogP contribution in [0.25, 0.3) is 0 Å². The van der Waals surface area contributed by atoms with E-state index in [4.69, 9.17) is 9.47 Å². The van der Waals surface area contributed by atoms with Gasteiger partial charge < -0.3 is 9.47 Å². The van der Waals surface area contributed by atoms with Crippen molar-refractivity contribution in [3.05, 3.63) is 29.6 Å². The molecule has 0 saturated carbocycles. The van der Waals surface area contributed by atoms with Crippen LogP contribution in [0.15, 0.2) is 18.2 Å². The van der Waals surface area contributed by atoms with Crippen LogP contribution in [0, 0.1) is 5.82 Å². The third-order valence-corrected chi connectivity index (χ3v) is 2.84. The summed E-state index contributed by atoms with van der Waals surface area (Å²) in [5, 5.41) is 0. The molecule has 0 aliphatic heterocycles. The molecular weight excluding hydrogens is 235 g/mol. The smallest absolute Gasteiger partial charge is 0.163 e. The van der Waals surface area contributed by atoms with Crippen molar-refractivity contribution in [3.63, 3.8) is 0 Å². The van der Waals surface area contributed by atoms with Crippen molar-refractivity contribution < 1.29 is 18.7 Å². The van der Waals surface area contributed by atoms with E-state index in [-0.39, 0.29) is 16.9 Å². The molecule has 0 N–H and O–H groups in total. The molecule has 18 heavy (non-hydrogen) atoms. The van der Waals surface area contributed by atoms with Gasteiger partial charge in [0, 0.05) is 13.5 Å². The van der Waals surface area contributed by atoms with Crippen molar-refractivity contribution in [1.82, 2.24) is 0 Å². The molecule has 0 aliphatic carbocycles. The molecule has 4 heteroatoms. The number of benzene rings is 1. The Labute approximate surface area is 107 Å². The van der Waals surface area contributed by atoms with Crippen LogP contribution < -0.4 is 4.74 Å². The van der Waals surface area contributed by atoms with Crippen molar-refractivity contribution in [2.75, 3.05) is 13.7 Å². The largest absolute Gasteiger partial charge is 0.493 e. The van der Waals surface area contributed by atoms with Crippen molar-refractivity contribution in [3.8, 4) is 5.75 Å². The van der Waals surface area contributed by atoms with E-state index in [9.17, 15) is 9.18 Å². The fourth-order valence-corrected chi connectivity index (χ4v) is 1.41. The molecule has 0 bridgehead atoms. The minimum atomic E-state index is -0.440. The van der Waals surface area contributed by atoms with E-state index in [1.807, 2.05) is 13.8 Å². The molecule has 100 valence electrons. The van der Waals surface area contributed by atoms with Crippen LogP contribution in [0.4, 0.5) is 4.39 Å². The lowest BCUT2D eigenvalue weighted by Crippen LogP contribution is -2.25. The van der Waals surface area contributed by atoms with E-state index in [2.05, 4.69) is 0 Å². The van der Waals surface area contributed by atoms with Gasteiger partial charge in [0.1, 0.15) is 11.6 Å². The number of ether oxygens (including phenoxy) is 2. The Morgan fingerprint density at radius 1 is 1.39 bits per heavy atom. The maximum atomic E-state index is 13.0. The summed E-state index contributed by atoms with van der Waals surface area (Å²) >= 11 is 0. The predicted octanol–water partition coefficient (Wildman–Crippen LogP) is 3.22. The number of rotatable bonds is 6. The van der Waals surface area contributed by atoms with E-state index in [0.717, 1.165) is 0 Å². The van der Waals surface area contributed by atoms with Crippen LogP contribution in [0.5, 0.6) is 5.75 Å². The lowest BCUT2D eigenvalue weighted by molar-refractivity contribution is 0.00541. The van der Waals surface area contributed by atoms with Crippen LogP contribution in [-0.2, 0) is 4.74 Å². The summed E-state index contributed by atoms with van der Waals surface area (Å²) in [7, 11) is 1.64. The first-order valence-corrected chi connectivity index (χ1v) is 5.84. The number of carbonyl (C=O) groups excluding carboxylic acids is 1. The van der Waals surface area contributed by atoms with Gasteiger partial charge in [0.2, 0.25) is 0 Å². The van der Waals surface area contributed by atoms with E-state index < -0.39 is 5.82 Å². The summed E-state index contributed by atoms with van der Waals surface area (Å²) in [6.07, 6.45) is 0.679. The SMILES string of the molecule is COC(C)(C)CCOc1ccc(F)cc1C(C)=O. The van der Waals surface area contributed by atoms with E-state index in [1.54, 1.807) is 7.11 Å². The van der Waals surface area contributed by atoms with Gasteiger partial charge in [-0.3, -0.25) is 4.79 Å². The molecule has 0 aliphatic rings. The van der Waals surface area contributed by atoms with Crippen LogP contribution in [0.3, 0.4) is 0 Å². The third kappa shape index (κ3) is 4.11. The van der Waals surface area contributed by atoms with Gasteiger partial charge >= 0.3 is 0 Å². The minimum absolute atomic E-state index is 0.212. The maximum absolute atomic E-state index is 13.0. The fourth-order valence-electron chi connectivity index (χ4n) is 1.41. The molecule has 1 rings (SSSR count). The van der Waals surface area contributed by atoms with Crippen molar-refractivity contribution in [2.45, 2.75) is 32.8 Å². The zero-order valence-corrected chi connectivity index (χ0v) is 11.2. The second-order valence-corrected chi connectivity index (χ2v) is 4.76. The molecule has 0 atom stereocenters. The number of Topliss-reactive ketones (excluding diaryl/α,β-unsaturated/α-hetero) is 1. The quantitative estimate of drug-likeness (QED) is 0.731. The molecule has 1 aromatic rings. The Kier molecular flexibility index (Phi) is 4.84. The Morgan fingerprint density at radius 3 is 2.61 bits per heavy atom. The monoisotopic (exact) mass is 254 g/mol. The highest BCUT2D eigenvalue weighted by Crippen LogP contribution is 2.21. The molecular formula is C14H19FO3. The zero-order chi connectivity index (χ0) is 13.8. The molecule has 0 amide bonds. The number of carbonyl (C=O) groups is 1. The van der Waals surface area contributed by atoms with Gasteiger partial charge in [-0.1, -0.05) is 0 Å².